The molecule has 0 unspecified atom stereocenters. The molecule has 2 aromatic heterocycles. The standard InChI is InChI=1S/C22H21F4N7O4/c23-16-10-15(37-22(24,25)26)2-1-13(16)12-36-21(35)31-5-3-14-9-18(29-33(14)8-7-31)20(34)32-6-4-17-19(11-32)28-30-27-17/h1-2,9-10H,3-8,11-12H2,(H,27,28,30). The number of benzene rings is 1. The third-order valence-corrected chi connectivity index (χ3v) is 6.12. The summed E-state index contributed by atoms with van der Waals surface area (Å²) >= 11 is 0. The normalized spacial score (nSPS) is 15.6. The smallest absolute Gasteiger partial charge is 0.444 e. The minimum atomic E-state index is -4.94. The number of hydrogen-bond donors (Lipinski definition) is 1. The lowest BCUT2D eigenvalue weighted by Gasteiger charge is -2.24. The molecule has 11 nitrogen and oxygen atoms in total. The van der Waals surface area contributed by atoms with E-state index in [0.29, 0.717) is 44.2 Å². The highest BCUT2D eigenvalue weighted by molar-refractivity contribution is 5.92. The number of rotatable bonds is 4. The molecule has 0 fully saturated rings. The molecule has 0 radical (unpaired) electrons. The summed E-state index contributed by atoms with van der Waals surface area (Å²) in [6.07, 6.45) is -4.61. The number of amides is 2. The summed E-state index contributed by atoms with van der Waals surface area (Å²) in [7, 11) is 0. The Balaban J connectivity index is 1.15. The van der Waals surface area contributed by atoms with Crippen LogP contribution >= 0.6 is 0 Å². The second-order valence-electron chi connectivity index (χ2n) is 8.53. The first kappa shape index (κ1) is 24.5. The van der Waals surface area contributed by atoms with Gasteiger partial charge < -0.3 is 19.3 Å². The molecule has 2 aliphatic rings. The lowest BCUT2D eigenvalue weighted by atomic mass is 10.1. The SMILES string of the molecule is O=C(OCc1ccc(OC(F)(F)F)cc1F)N1CCc2cc(C(=O)N3CCc4n[nH]nc4C3)nn2CC1. The number of alkyl halides is 3. The van der Waals surface area contributed by atoms with Gasteiger partial charge in [0.1, 0.15) is 23.9 Å². The summed E-state index contributed by atoms with van der Waals surface area (Å²) in [5.74, 6) is -1.90. The average Bonchev–Trinajstić information content (AvgIpc) is 3.44. The van der Waals surface area contributed by atoms with Gasteiger partial charge in [-0.25, -0.2) is 9.18 Å². The van der Waals surface area contributed by atoms with Gasteiger partial charge in [-0.15, -0.1) is 13.2 Å². The number of hydrogen-bond acceptors (Lipinski definition) is 7. The van der Waals surface area contributed by atoms with Crippen molar-refractivity contribution in [1.29, 1.82) is 0 Å². The van der Waals surface area contributed by atoms with Crippen molar-refractivity contribution in [1.82, 2.24) is 35.0 Å². The Bertz CT molecular complexity index is 1300. The number of carbonyl (C=O) groups excluding carboxylic acids is 2. The van der Waals surface area contributed by atoms with Crippen molar-refractivity contribution in [2.24, 2.45) is 0 Å². The Kier molecular flexibility index (Phi) is 6.43. The third kappa shape index (κ3) is 5.49. The highest BCUT2D eigenvalue weighted by atomic mass is 19.4. The van der Waals surface area contributed by atoms with Crippen molar-refractivity contribution in [3.63, 3.8) is 0 Å². The quantitative estimate of drug-likeness (QED) is 0.522. The summed E-state index contributed by atoms with van der Waals surface area (Å²) in [6, 6.07) is 4.29. The van der Waals surface area contributed by atoms with Crippen molar-refractivity contribution in [2.45, 2.75) is 38.9 Å². The van der Waals surface area contributed by atoms with Crippen LogP contribution in [-0.4, -0.2) is 73.0 Å². The molecular weight excluding hydrogens is 502 g/mol. The molecule has 0 saturated heterocycles. The Hall–Kier alpha value is -4.17. The molecule has 196 valence electrons. The highest BCUT2D eigenvalue weighted by Gasteiger charge is 2.31. The summed E-state index contributed by atoms with van der Waals surface area (Å²) < 4.78 is 61.4. The summed E-state index contributed by atoms with van der Waals surface area (Å²) in [5, 5.41) is 15.1. The maximum atomic E-state index is 14.1. The van der Waals surface area contributed by atoms with Crippen molar-refractivity contribution < 1.29 is 36.6 Å². The number of halogens is 4. The van der Waals surface area contributed by atoms with Crippen LogP contribution in [0.4, 0.5) is 22.4 Å². The zero-order valence-corrected chi connectivity index (χ0v) is 19.3. The fourth-order valence-electron chi connectivity index (χ4n) is 4.22. The van der Waals surface area contributed by atoms with Gasteiger partial charge >= 0.3 is 12.5 Å². The first-order chi connectivity index (χ1) is 17.7. The van der Waals surface area contributed by atoms with Crippen LogP contribution in [0.15, 0.2) is 24.3 Å². The van der Waals surface area contributed by atoms with Crippen LogP contribution in [0.5, 0.6) is 5.75 Å². The van der Waals surface area contributed by atoms with E-state index in [4.69, 9.17) is 4.74 Å². The summed E-state index contributed by atoms with van der Waals surface area (Å²) in [6.45, 7) is 1.26. The fourth-order valence-corrected chi connectivity index (χ4v) is 4.22. The molecule has 2 aliphatic heterocycles. The van der Waals surface area contributed by atoms with Crippen LogP contribution in [0, 0.1) is 5.82 Å². The maximum Gasteiger partial charge on any atom is 0.573 e. The molecule has 1 N–H and O–H groups in total. The van der Waals surface area contributed by atoms with Crippen molar-refractivity contribution in [3.05, 3.63) is 58.4 Å². The average molecular weight is 523 g/mol. The van der Waals surface area contributed by atoms with Gasteiger partial charge in [0.05, 0.1) is 18.8 Å². The van der Waals surface area contributed by atoms with E-state index in [-0.39, 0.29) is 24.6 Å². The molecule has 0 spiro atoms. The number of nitrogens with one attached hydrogen (secondary N) is 1. The Morgan fingerprint density at radius 1 is 1.00 bits per heavy atom. The molecule has 3 aromatic rings. The van der Waals surface area contributed by atoms with E-state index >= 15 is 0 Å². The predicted molar refractivity (Wildman–Crippen MR) is 116 cm³/mol. The third-order valence-electron chi connectivity index (χ3n) is 6.12. The van der Waals surface area contributed by atoms with Crippen molar-refractivity contribution in [2.75, 3.05) is 19.6 Å². The van der Waals surface area contributed by atoms with Gasteiger partial charge in [0.2, 0.25) is 0 Å². The van der Waals surface area contributed by atoms with Crippen LogP contribution in [-0.2, 0) is 37.3 Å². The lowest BCUT2D eigenvalue weighted by Crippen LogP contribution is -2.36. The maximum absolute atomic E-state index is 14.1. The number of ether oxygens (including phenoxy) is 2. The number of carbonyl (C=O) groups is 2. The fraction of sp³-hybridized carbons (Fsp3) is 0.409. The van der Waals surface area contributed by atoms with Crippen LogP contribution in [0.1, 0.15) is 33.1 Å². The summed E-state index contributed by atoms with van der Waals surface area (Å²) in [4.78, 5) is 28.6. The van der Waals surface area contributed by atoms with Gasteiger partial charge in [-0.3, -0.25) is 9.48 Å². The molecule has 0 saturated carbocycles. The van der Waals surface area contributed by atoms with Crippen LogP contribution < -0.4 is 4.74 Å². The van der Waals surface area contributed by atoms with E-state index in [1.165, 1.54) is 4.90 Å². The number of aromatic amines is 1. The first-order valence-corrected chi connectivity index (χ1v) is 11.4. The first-order valence-electron chi connectivity index (χ1n) is 11.4. The van der Waals surface area contributed by atoms with Gasteiger partial charge in [-0.2, -0.15) is 20.5 Å². The Labute approximate surface area is 206 Å². The molecular formula is C22H21F4N7O4. The van der Waals surface area contributed by atoms with Crippen LogP contribution in [0.25, 0.3) is 0 Å². The Morgan fingerprint density at radius 3 is 2.57 bits per heavy atom. The molecule has 0 aliphatic carbocycles. The predicted octanol–water partition coefficient (Wildman–Crippen LogP) is 2.43. The van der Waals surface area contributed by atoms with Gasteiger partial charge in [0, 0.05) is 49.8 Å². The lowest BCUT2D eigenvalue weighted by molar-refractivity contribution is -0.274. The van der Waals surface area contributed by atoms with E-state index in [1.807, 2.05) is 0 Å². The molecule has 0 atom stereocenters. The van der Waals surface area contributed by atoms with E-state index in [2.05, 4.69) is 25.2 Å². The number of fused-ring (bicyclic) bond motifs is 2. The Morgan fingerprint density at radius 2 is 1.78 bits per heavy atom. The highest BCUT2D eigenvalue weighted by Crippen LogP contribution is 2.25. The topological polar surface area (TPSA) is 118 Å². The molecule has 0 bridgehead atoms. The van der Waals surface area contributed by atoms with Gasteiger partial charge in [0.25, 0.3) is 5.91 Å². The second kappa shape index (κ2) is 9.71. The van der Waals surface area contributed by atoms with Crippen molar-refractivity contribution >= 4 is 12.0 Å². The van der Waals surface area contributed by atoms with Gasteiger partial charge in [0.15, 0.2) is 5.69 Å². The van der Waals surface area contributed by atoms with Crippen molar-refractivity contribution in [3.8, 4) is 5.75 Å². The number of aromatic nitrogens is 5. The molecule has 5 rings (SSSR count). The minimum absolute atomic E-state index is 0.0933. The van der Waals surface area contributed by atoms with Crippen LogP contribution in [0.2, 0.25) is 0 Å². The number of H-pyrrole nitrogens is 1. The van der Waals surface area contributed by atoms with E-state index < -0.39 is 30.6 Å². The monoisotopic (exact) mass is 523 g/mol. The van der Waals surface area contributed by atoms with Gasteiger partial charge in [-0.05, 0) is 18.2 Å². The zero-order valence-electron chi connectivity index (χ0n) is 19.3. The van der Waals surface area contributed by atoms with E-state index in [9.17, 15) is 27.2 Å². The molecule has 37 heavy (non-hydrogen) atoms. The van der Waals surface area contributed by atoms with E-state index in [0.717, 1.165) is 29.2 Å². The number of nitrogens with zero attached hydrogens (tertiary/aromatic N) is 6. The minimum Gasteiger partial charge on any atom is -0.444 e. The largest absolute Gasteiger partial charge is 0.573 e. The zero-order chi connectivity index (χ0) is 26.2. The molecule has 15 heteroatoms. The summed E-state index contributed by atoms with van der Waals surface area (Å²) in [5.41, 5.74) is 2.59. The molecule has 4 heterocycles. The van der Waals surface area contributed by atoms with Crippen LogP contribution in [0.3, 0.4) is 0 Å². The van der Waals surface area contributed by atoms with Gasteiger partial charge in [-0.1, -0.05) is 0 Å². The second-order valence-corrected chi connectivity index (χ2v) is 8.53. The van der Waals surface area contributed by atoms with E-state index in [1.54, 1.807) is 15.6 Å². The molecule has 2 amide bonds. The molecule has 1 aromatic carbocycles.